The van der Waals surface area contributed by atoms with Crippen LogP contribution in [0.4, 0.5) is 0 Å². The van der Waals surface area contributed by atoms with Crippen LogP contribution in [0.1, 0.15) is 35.2 Å². The molecule has 0 unspecified atom stereocenters. The van der Waals surface area contributed by atoms with Crippen molar-refractivity contribution in [1.29, 1.82) is 0 Å². The third-order valence-electron chi connectivity index (χ3n) is 4.61. The molecular formula is C22H23NO3S. The summed E-state index contributed by atoms with van der Waals surface area (Å²) in [6, 6.07) is 15.3. The molecule has 0 bridgehead atoms. The van der Waals surface area contributed by atoms with Gasteiger partial charge in [-0.1, -0.05) is 30.3 Å². The first kappa shape index (κ1) is 19.2. The Labute approximate surface area is 163 Å². The molecule has 0 saturated heterocycles. The molecule has 0 aliphatic carbocycles. The van der Waals surface area contributed by atoms with E-state index in [1.54, 1.807) is 0 Å². The molecule has 1 amide bonds. The summed E-state index contributed by atoms with van der Waals surface area (Å²) in [6.45, 7) is 6.00. The summed E-state index contributed by atoms with van der Waals surface area (Å²) in [7, 11) is 0. The lowest BCUT2D eigenvalue weighted by atomic mass is 10.0. The monoisotopic (exact) mass is 381 g/mol. The number of carbonyl (C=O) groups is 1. The summed E-state index contributed by atoms with van der Waals surface area (Å²) in [5.41, 5.74) is 4.46. The van der Waals surface area contributed by atoms with E-state index in [0.29, 0.717) is 17.1 Å². The van der Waals surface area contributed by atoms with Gasteiger partial charge in [-0.2, -0.15) is 0 Å². The zero-order chi connectivity index (χ0) is 19.4. The molecule has 0 aliphatic heterocycles. The van der Waals surface area contributed by atoms with Gasteiger partial charge in [0.25, 0.3) is 0 Å². The zero-order valence-corrected chi connectivity index (χ0v) is 16.6. The normalized spacial score (nSPS) is 12.1. The molecule has 5 heteroatoms. The average Bonchev–Trinajstić information content (AvgIpc) is 2.64. The van der Waals surface area contributed by atoms with E-state index >= 15 is 0 Å². The molecule has 0 spiro atoms. The van der Waals surface area contributed by atoms with Crippen molar-refractivity contribution in [2.24, 2.45) is 0 Å². The molecule has 0 radical (unpaired) electrons. The van der Waals surface area contributed by atoms with Crippen molar-refractivity contribution >= 4 is 28.6 Å². The maximum atomic E-state index is 12.2. The van der Waals surface area contributed by atoms with Crippen molar-refractivity contribution in [3.8, 4) is 0 Å². The number of carbonyl (C=O) groups excluding carboxylic acids is 1. The molecular weight excluding hydrogens is 358 g/mol. The SMILES string of the molecule is Cc1cc2oc(=O)cc(CSCC(=O)N[C@H](C)c3ccccc3)c2cc1C. The summed E-state index contributed by atoms with van der Waals surface area (Å²) in [5, 5.41) is 3.94. The van der Waals surface area contributed by atoms with Crippen LogP contribution in [0, 0.1) is 13.8 Å². The minimum Gasteiger partial charge on any atom is -0.423 e. The molecule has 4 nitrogen and oxygen atoms in total. The maximum Gasteiger partial charge on any atom is 0.336 e. The van der Waals surface area contributed by atoms with Crippen molar-refractivity contribution in [3.05, 3.63) is 81.2 Å². The Balaban J connectivity index is 1.64. The topological polar surface area (TPSA) is 59.3 Å². The van der Waals surface area contributed by atoms with E-state index < -0.39 is 0 Å². The van der Waals surface area contributed by atoms with Crippen LogP contribution in [0.15, 0.2) is 57.7 Å². The third kappa shape index (κ3) is 4.80. The van der Waals surface area contributed by atoms with Gasteiger partial charge in [-0.25, -0.2) is 4.79 Å². The van der Waals surface area contributed by atoms with Crippen molar-refractivity contribution in [2.45, 2.75) is 32.6 Å². The van der Waals surface area contributed by atoms with E-state index in [0.717, 1.165) is 27.6 Å². The second-order valence-electron chi connectivity index (χ2n) is 6.72. The highest BCUT2D eigenvalue weighted by atomic mass is 32.2. The van der Waals surface area contributed by atoms with Gasteiger partial charge in [0.1, 0.15) is 5.58 Å². The van der Waals surface area contributed by atoms with Crippen LogP contribution in [0.2, 0.25) is 0 Å². The lowest BCUT2D eigenvalue weighted by Crippen LogP contribution is -2.28. The molecule has 1 heterocycles. The Bertz CT molecular complexity index is 1010. The Morgan fingerprint density at radius 2 is 1.81 bits per heavy atom. The molecule has 3 rings (SSSR count). The fraction of sp³-hybridized carbons (Fsp3) is 0.273. The average molecular weight is 381 g/mol. The van der Waals surface area contributed by atoms with Crippen LogP contribution in [-0.2, 0) is 10.5 Å². The predicted molar refractivity (Wildman–Crippen MR) is 111 cm³/mol. The van der Waals surface area contributed by atoms with Crippen molar-refractivity contribution in [1.82, 2.24) is 5.32 Å². The second-order valence-corrected chi connectivity index (χ2v) is 7.70. The number of hydrogen-bond acceptors (Lipinski definition) is 4. The third-order valence-corrected chi connectivity index (χ3v) is 5.59. The summed E-state index contributed by atoms with van der Waals surface area (Å²) in [5.74, 6) is 0.900. The summed E-state index contributed by atoms with van der Waals surface area (Å²) in [4.78, 5) is 24.1. The first-order chi connectivity index (χ1) is 12.9. The second kappa shape index (κ2) is 8.44. The Morgan fingerprint density at radius 1 is 1.11 bits per heavy atom. The summed E-state index contributed by atoms with van der Waals surface area (Å²) < 4.78 is 5.32. The van der Waals surface area contributed by atoms with Crippen molar-refractivity contribution in [3.63, 3.8) is 0 Å². The number of aryl methyl sites for hydroxylation is 2. The van der Waals surface area contributed by atoms with E-state index in [1.807, 2.05) is 63.2 Å². The number of rotatable bonds is 6. The van der Waals surface area contributed by atoms with Gasteiger partial charge in [-0.05, 0) is 55.2 Å². The molecule has 140 valence electrons. The van der Waals surface area contributed by atoms with Gasteiger partial charge in [0, 0.05) is 17.2 Å². The van der Waals surface area contributed by atoms with Gasteiger partial charge >= 0.3 is 5.63 Å². The smallest absolute Gasteiger partial charge is 0.336 e. The van der Waals surface area contributed by atoms with E-state index in [-0.39, 0.29) is 17.6 Å². The van der Waals surface area contributed by atoms with Gasteiger partial charge in [0.15, 0.2) is 0 Å². The van der Waals surface area contributed by atoms with Crippen LogP contribution in [0.5, 0.6) is 0 Å². The number of benzene rings is 2. The van der Waals surface area contributed by atoms with E-state index in [2.05, 4.69) is 5.32 Å². The quantitative estimate of drug-likeness (QED) is 0.638. The van der Waals surface area contributed by atoms with Crippen LogP contribution < -0.4 is 10.9 Å². The summed E-state index contributed by atoms with van der Waals surface area (Å²) in [6.07, 6.45) is 0. The highest BCUT2D eigenvalue weighted by Crippen LogP contribution is 2.24. The van der Waals surface area contributed by atoms with E-state index in [1.165, 1.54) is 17.8 Å². The first-order valence-electron chi connectivity index (χ1n) is 8.90. The highest BCUT2D eigenvalue weighted by Gasteiger charge is 2.11. The molecule has 0 fully saturated rings. The lowest BCUT2D eigenvalue weighted by Gasteiger charge is -2.14. The molecule has 3 aromatic rings. The fourth-order valence-corrected chi connectivity index (χ4v) is 3.79. The molecule has 1 aromatic heterocycles. The minimum absolute atomic E-state index is 0.0179. The van der Waals surface area contributed by atoms with Gasteiger partial charge in [0.05, 0.1) is 11.8 Å². The van der Waals surface area contributed by atoms with Crippen molar-refractivity contribution < 1.29 is 9.21 Å². The van der Waals surface area contributed by atoms with Crippen LogP contribution >= 0.6 is 11.8 Å². The van der Waals surface area contributed by atoms with Crippen LogP contribution in [0.3, 0.4) is 0 Å². The lowest BCUT2D eigenvalue weighted by molar-refractivity contribution is -0.119. The van der Waals surface area contributed by atoms with Gasteiger partial charge in [-0.15, -0.1) is 11.8 Å². The standard InChI is InChI=1S/C22H23NO3S/c1-14-9-19-18(11-22(25)26-20(19)10-15(14)2)12-27-13-21(24)23-16(3)17-7-5-4-6-8-17/h4-11,16H,12-13H2,1-3H3,(H,23,24)/t16-/m1/s1. The zero-order valence-electron chi connectivity index (χ0n) is 15.7. The maximum absolute atomic E-state index is 12.2. The molecule has 1 N–H and O–H groups in total. The van der Waals surface area contributed by atoms with E-state index in [4.69, 9.17) is 4.42 Å². The Hall–Kier alpha value is -2.53. The Morgan fingerprint density at radius 3 is 2.56 bits per heavy atom. The number of nitrogens with one attached hydrogen (secondary N) is 1. The number of amides is 1. The molecule has 1 atom stereocenters. The highest BCUT2D eigenvalue weighted by molar-refractivity contribution is 7.99. The van der Waals surface area contributed by atoms with Crippen LogP contribution in [0.25, 0.3) is 11.0 Å². The number of fused-ring (bicyclic) bond motifs is 1. The van der Waals surface area contributed by atoms with Gasteiger partial charge < -0.3 is 9.73 Å². The largest absolute Gasteiger partial charge is 0.423 e. The minimum atomic E-state index is -0.358. The van der Waals surface area contributed by atoms with Crippen molar-refractivity contribution in [2.75, 3.05) is 5.75 Å². The summed E-state index contributed by atoms with van der Waals surface area (Å²) >= 11 is 1.49. The predicted octanol–water partition coefficient (Wildman–Crippen LogP) is 4.52. The molecule has 27 heavy (non-hydrogen) atoms. The first-order valence-corrected chi connectivity index (χ1v) is 10.1. The molecule has 2 aromatic carbocycles. The van der Waals surface area contributed by atoms with E-state index in [9.17, 15) is 9.59 Å². The van der Waals surface area contributed by atoms with Gasteiger partial charge in [-0.3, -0.25) is 4.79 Å². The fourth-order valence-electron chi connectivity index (χ4n) is 2.96. The van der Waals surface area contributed by atoms with Crippen LogP contribution in [-0.4, -0.2) is 11.7 Å². The Kier molecular flexibility index (Phi) is 6.01. The molecule has 0 aliphatic rings. The number of hydrogen-bond donors (Lipinski definition) is 1. The van der Waals surface area contributed by atoms with Gasteiger partial charge in [0.2, 0.25) is 5.91 Å². The molecule has 0 saturated carbocycles. The number of thioether (sulfide) groups is 1.